The fourth-order valence-corrected chi connectivity index (χ4v) is 2.77. The summed E-state index contributed by atoms with van der Waals surface area (Å²) in [6.07, 6.45) is 1.01. The summed E-state index contributed by atoms with van der Waals surface area (Å²) in [5.74, 6) is -0.496. The first-order valence-electron chi connectivity index (χ1n) is 7.14. The Morgan fingerprint density at radius 1 is 1.09 bits per heavy atom. The Hall–Kier alpha value is -2.40. The lowest BCUT2D eigenvalue weighted by atomic mass is 10.0. The number of carbonyl (C=O) groups excluding carboxylic acids is 1. The second kappa shape index (κ2) is 5.77. The molecule has 3 N–H and O–H groups in total. The summed E-state index contributed by atoms with van der Waals surface area (Å²) in [6.45, 7) is 0.113. The molecular formula is C17H17FN2O2. The average molecular weight is 300 g/mol. The van der Waals surface area contributed by atoms with E-state index in [-0.39, 0.29) is 12.2 Å². The Bertz CT molecular complexity index is 678. The number of para-hydroxylation sites is 1. The van der Waals surface area contributed by atoms with E-state index >= 15 is 0 Å². The number of aliphatic hydroxyl groups is 1. The van der Waals surface area contributed by atoms with E-state index in [1.54, 1.807) is 12.1 Å². The number of benzene rings is 2. The van der Waals surface area contributed by atoms with E-state index in [1.165, 1.54) is 12.1 Å². The van der Waals surface area contributed by atoms with E-state index in [0.29, 0.717) is 12.8 Å². The molecule has 5 heteroatoms. The fraction of sp³-hybridized carbons (Fsp3) is 0.235. The molecule has 0 aromatic heterocycles. The van der Waals surface area contributed by atoms with Crippen LogP contribution in [0, 0.1) is 5.82 Å². The van der Waals surface area contributed by atoms with Gasteiger partial charge in [-0.3, -0.25) is 0 Å². The van der Waals surface area contributed by atoms with E-state index in [1.807, 2.05) is 24.3 Å². The van der Waals surface area contributed by atoms with Crippen LogP contribution in [0.25, 0.3) is 0 Å². The third-order valence-corrected chi connectivity index (χ3v) is 3.86. The number of amides is 2. The van der Waals surface area contributed by atoms with Gasteiger partial charge in [-0.15, -0.1) is 0 Å². The molecule has 2 aromatic rings. The predicted octanol–water partition coefficient (Wildman–Crippen LogP) is 2.48. The van der Waals surface area contributed by atoms with Crippen LogP contribution in [0.1, 0.15) is 11.1 Å². The maximum absolute atomic E-state index is 13.5. The van der Waals surface area contributed by atoms with Gasteiger partial charge in [-0.05, 0) is 23.3 Å². The van der Waals surface area contributed by atoms with Crippen molar-refractivity contribution in [3.8, 4) is 0 Å². The number of fused-ring (bicyclic) bond motifs is 1. The Morgan fingerprint density at radius 3 is 2.32 bits per heavy atom. The minimum atomic E-state index is -0.990. The summed E-state index contributed by atoms with van der Waals surface area (Å²) in [4.78, 5) is 11.8. The summed E-state index contributed by atoms with van der Waals surface area (Å²) < 4.78 is 13.5. The van der Waals surface area contributed by atoms with Gasteiger partial charge in [0.1, 0.15) is 5.82 Å². The standard InChI is InChI=1S/C17H17FN2O2/c18-14-7-3-4-8-15(14)20-16(21)19-11-17(22)9-12-5-1-2-6-13(12)10-17/h1-8,22H,9-11H2,(H2,19,20,21). The van der Waals surface area contributed by atoms with Crippen molar-refractivity contribution in [1.82, 2.24) is 5.32 Å². The maximum atomic E-state index is 13.5. The van der Waals surface area contributed by atoms with E-state index in [4.69, 9.17) is 0 Å². The van der Waals surface area contributed by atoms with Gasteiger partial charge in [0.2, 0.25) is 0 Å². The van der Waals surface area contributed by atoms with Crippen molar-refractivity contribution in [2.45, 2.75) is 18.4 Å². The molecule has 0 spiro atoms. The molecule has 1 aliphatic carbocycles. The summed E-state index contributed by atoms with van der Waals surface area (Å²) in [6, 6.07) is 13.2. The van der Waals surface area contributed by atoms with Gasteiger partial charge in [-0.1, -0.05) is 36.4 Å². The molecule has 0 saturated heterocycles. The van der Waals surface area contributed by atoms with Crippen molar-refractivity contribution in [2.24, 2.45) is 0 Å². The van der Waals surface area contributed by atoms with Gasteiger partial charge in [0.15, 0.2) is 0 Å². The molecule has 0 radical (unpaired) electrons. The second-order valence-corrected chi connectivity index (χ2v) is 5.63. The Morgan fingerprint density at radius 2 is 1.68 bits per heavy atom. The number of carbonyl (C=O) groups is 1. The highest BCUT2D eigenvalue weighted by Gasteiger charge is 2.35. The van der Waals surface area contributed by atoms with Crippen molar-refractivity contribution in [3.05, 3.63) is 65.5 Å². The Balaban J connectivity index is 1.57. The van der Waals surface area contributed by atoms with Crippen molar-refractivity contribution >= 4 is 11.7 Å². The number of rotatable bonds is 3. The zero-order valence-electron chi connectivity index (χ0n) is 12.0. The zero-order valence-corrected chi connectivity index (χ0v) is 12.0. The normalized spacial score (nSPS) is 15.2. The van der Waals surface area contributed by atoms with E-state index in [9.17, 15) is 14.3 Å². The lowest BCUT2D eigenvalue weighted by molar-refractivity contribution is 0.0541. The summed E-state index contributed by atoms with van der Waals surface area (Å²) in [5.41, 5.74) is 1.32. The molecule has 114 valence electrons. The molecule has 0 saturated carbocycles. The summed E-state index contributed by atoms with van der Waals surface area (Å²) >= 11 is 0. The Kier molecular flexibility index (Phi) is 3.81. The molecule has 4 nitrogen and oxygen atoms in total. The minimum absolute atomic E-state index is 0.113. The molecule has 0 bridgehead atoms. The lowest BCUT2D eigenvalue weighted by Gasteiger charge is -2.22. The van der Waals surface area contributed by atoms with Gasteiger partial charge in [-0.2, -0.15) is 0 Å². The third kappa shape index (κ3) is 3.09. The molecule has 0 unspecified atom stereocenters. The topological polar surface area (TPSA) is 61.4 Å². The predicted molar refractivity (Wildman–Crippen MR) is 82.2 cm³/mol. The van der Waals surface area contributed by atoms with Crippen molar-refractivity contribution in [1.29, 1.82) is 0 Å². The first kappa shape index (κ1) is 14.5. The van der Waals surface area contributed by atoms with Crippen LogP contribution in [-0.4, -0.2) is 23.3 Å². The molecule has 22 heavy (non-hydrogen) atoms. The van der Waals surface area contributed by atoms with Crippen LogP contribution in [0.4, 0.5) is 14.9 Å². The van der Waals surface area contributed by atoms with Crippen molar-refractivity contribution in [3.63, 3.8) is 0 Å². The smallest absolute Gasteiger partial charge is 0.319 e. The molecular weight excluding hydrogens is 283 g/mol. The van der Waals surface area contributed by atoms with Crippen LogP contribution < -0.4 is 10.6 Å². The van der Waals surface area contributed by atoms with Gasteiger partial charge in [0, 0.05) is 19.4 Å². The number of nitrogens with one attached hydrogen (secondary N) is 2. The van der Waals surface area contributed by atoms with E-state index in [2.05, 4.69) is 10.6 Å². The summed E-state index contributed by atoms with van der Waals surface area (Å²) in [5, 5.41) is 15.6. The molecule has 0 aliphatic heterocycles. The number of anilines is 1. The highest BCUT2D eigenvalue weighted by molar-refractivity contribution is 5.89. The first-order valence-corrected chi connectivity index (χ1v) is 7.14. The highest BCUT2D eigenvalue weighted by Crippen LogP contribution is 2.29. The monoisotopic (exact) mass is 300 g/mol. The molecule has 0 atom stereocenters. The van der Waals surface area contributed by atoms with Crippen LogP contribution in [0.2, 0.25) is 0 Å². The average Bonchev–Trinajstić information content (AvgIpc) is 2.84. The van der Waals surface area contributed by atoms with Gasteiger partial charge in [0.05, 0.1) is 11.3 Å². The number of urea groups is 1. The molecule has 1 aliphatic rings. The molecule has 3 rings (SSSR count). The van der Waals surface area contributed by atoms with Crippen LogP contribution in [0.3, 0.4) is 0 Å². The number of halogens is 1. The van der Waals surface area contributed by atoms with Crippen LogP contribution >= 0.6 is 0 Å². The van der Waals surface area contributed by atoms with Crippen LogP contribution in [-0.2, 0) is 12.8 Å². The third-order valence-electron chi connectivity index (χ3n) is 3.86. The largest absolute Gasteiger partial charge is 0.387 e. The highest BCUT2D eigenvalue weighted by atomic mass is 19.1. The quantitative estimate of drug-likeness (QED) is 0.815. The van der Waals surface area contributed by atoms with Crippen molar-refractivity contribution < 1.29 is 14.3 Å². The molecule has 2 amide bonds. The zero-order chi connectivity index (χ0) is 15.6. The van der Waals surface area contributed by atoms with Gasteiger partial charge >= 0.3 is 6.03 Å². The van der Waals surface area contributed by atoms with Gasteiger partial charge in [-0.25, -0.2) is 9.18 Å². The van der Waals surface area contributed by atoms with Gasteiger partial charge in [0.25, 0.3) is 0 Å². The molecule has 2 aromatic carbocycles. The number of hydrogen-bond acceptors (Lipinski definition) is 2. The second-order valence-electron chi connectivity index (χ2n) is 5.63. The van der Waals surface area contributed by atoms with E-state index < -0.39 is 17.4 Å². The molecule has 0 fully saturated rings. The lowest BCUT2D eigenvalue weighted by Crippen LogP contribution is -2.45. The summed E-state index contributed by atoms with van der Waals surface area (Å²) in [7, 11) is 0. The van der Waals surface area contributed by atoms with Crippen molar-refractivity contribution in [2.75, 3.05) is 11.9 Å². The Labute approximate surface area is 128 Å². The van der Waals surface area contributed by atoms with Gasteiger partial charge < -0.3 is 15.7 Å². The minimum Gasteiger partial charge on any atom is -0.387 e. The van der Waals surface area contributed by atoms with E-state index in [0.717, 1.165) is 11.1 Å². The van der Waals surface area contributed by atoms with Crippen LogP contribution in [0.15, 0.2) is 48.5 Å². The molecule has 0 heterocycles. The first-order chi connectivity index (χ1) is 10.6. The fourth-order valence-electron chi connectivity index (χ4n) is 2.77. The number of hydrogen-bond donors (Lipinski definition) is 3. The van der Waals surface area contributed by atoms with Crippen LogP contribution in [0.5, 0.6) is 0 Å². The SMILES string of the molecule is O=C(NCC1(O)Cc2ccccc2C1)Nc1ccccc1F. The maximum Gasteiger partial charge on any atom is 0.319 e.